The second kappa shape index (κ2) is 10.2. The van der Waals surface area contributed by atoms with Crippen LogP contribution < -0.4 is 10.1 Å². The Balaban J connectivity index is 1.37. The summed E-state index contributed by atoms with van der Waals surface area (Å²) >= 11 is 0. The van der Waals surface area contributed by atoms with E-state index in [2.05, 4.69) is 73.8 Å². The predicted octanol–water partition coefficient (Wildman–Crippen LogP) is 6.93. The highest BCUT2D eigenvalue weighted by atomic mass is 16.5. The molecule has 0 saturated carbocycles. The third-order valence-electron chi connectivity index (χ3n) is 5.55. The molecule has 0 aliphatic carbocycles. The lowest BCUT2D eigenvalue weighted by Gasteiger charge is -2.11. The minimum Gasteiger partial charge on any atom is -0.489 e. The predicted molar refractivity (Wildman–Crippen MR) is 134 cm³/mol. The van der Waals surface area contributed by atoms with Gasteiger partial charge in [-0.3, -0.25) is 0 Å². The van der Waals surface area contributed by atoms with Crippen LogP contribution in [0.5, 0.6) is 5.75 Å². The summed E-state index contributed by atoms with van der Waals surface area (Å²) in [5.41, 5.74) is 4.71. The summed E-state index contributed by atoms with van der Waals surface area (Å²) < 4.78 is 6.03. The highest BCUT2D eigenvalue weighted by molar-refractivity contribution is 5.88. The van der Waals surface area contributed by atoms with Gasteiger partial charge in [-0.1, -0.05) is 62.4 Å². The molecule has 4 aromatic rings. The van der Waals surface area contributed by atoms with E-state index in [0.717, 1.165) is 39.8 Å². The lowest BCUT2D eigenvalue weighted by molar-refractivity contribution is 0.0697. The van der Waals surface area contributed by atoms with E-state index >= 15 is 0 Å². The third-order valence-corrected chi connectivity index (χ3v) is 5.55. The molecular formula is C29H29NO3. The highest BCUT2D eigenvalue weighted by Crippen LogP contribution is 2.24. The molecule has 0 amide bonds. The fourth-order valence-corrected chi connectivity index (χ4v) is 3.85. The molecular weight excluding hydrogens is 410 g/mol. The number of hydrogen-bond acceptors (Lipinski definition) is 3. The molecule has 0 fully saturated rings. The van der Waals surface area contributed by atoms with Crippen molar-refractivity contribution in [3.8, 4) is 5.75 Å². The monoisotopic (exact) mass is 439 g/mol. The van der Waals surface area contributed by atoms with Gasteiger partial charge in [0.15, 0.2) is 0 Å². The van der Waals surface area contributed by atoms with Gasteiger partial charge >= 0.3 is 5.97 Å². The number of rotatable bonds is 9. The summed E-state index contributed by atoms with van der Waals surface area (Å²) in [4.78, 5) is 11.1. The van der Waals surface area contributed by atoms with Crippen molar-refractivity contribution < 1.29 is 14.6 Å². The molecule has 0 bridgehead atoms. The number of benzene rings is 4. The molecule has 0 saturated heterocycles. The number of carbonyl (C=O) groups is 1. The molecule has 0 atom stereocenters. The summed E-state index contributed by atoms with van der Waals surface area (Å²) in [6.07, 6.45) is 1.10. The number of carboxylic acid groups (broad SMARTS) is 1. The topological polar surface area (TPSA) is 58.6 Å². The Hall–Kier alpha value is -3.79. The summed E-state index contributed by atoms with van der Waals surface area (Å²) in [7, 11) is 0. The number of ether oxygens (including phenoxy) is 1. The molecule has 0 aliphatic heterocycles. The Morgan fingerprint density at radius 1 is 0.848 bits per heavy atom. The van der Waals surface area contributed by atoms with Crippen molar-refractivity contribution >= 4 is 22.4 Å². The largest absolute Gasteiger partial charge is 0.489 e. The zero-order chi connectivity index (χ0) is 23.2. The molecule has 4 aromatic carbocycles. The Labute approximate surface area is 194 Å². The fourth-order valence-electron chi connectivity index (χ4n) is 3.85. The number of hydrogen-bond donors (Lipinski definition) is 2. The molecule has 0 radical (unpaired) electrons. The minimum absolute atomic E-state index is 0.276. The second-order valence-electron chi connectivity index (χ2n) is 8.79. The summed E-state index contributed by atoms with van der Waals surface area (Å²) in [6, 6.07) is 28.0. The van der Waals surface area contributed by atoms with Crippen LogP contribution in [0.2, 0.25) is 0 Å². The van der Waals surface area contributed by atoms with Gasteiger partial charge in [0, 0.05) is 12.2 Å². The van der Waals surface area contributed by atoms with E-state index in [9.17, 15) is 4.79 Å². The van der Waals surface area contributed by atoms with Crippen LogP contribution in [0.1, 0.15) is 40.9 Å². The SMILES string of the molecule is CC(C)Cc1ccc(COc2ccc3cc(CNc4cccc(C(=O)O)c4)ccc3c2)cc1. The number of aromatic carboxylic acids is 1. The number of fused-ring (bicyclic) bond motifs is 1. The summed E-state index contributed by atoms with van der Waals surface area (Å²) in [6.45, 7) is 5.63. The number of carboxylic acids is 1. The van der Waals surface area contributed by atoms with Crippen molar-refractivity contribution in [2.75, 3.05) is 5.32 Å². The lowest BCUT2D eigenvalue weighted by Crippen LogP contribution is -2.02. The first-order valence-electron chi connectivity index (χ1n) is 11.3. The average Bonchev–Trinajstić information content (AvgIpc) is 2.82. The third kappa shape index (κ3) is 6.13. The Morgan fingerprint density at radius 2 is 1.55 bits per heavy atom. The maximum Gasteiger partial charge on any atom is 0.335 e. The first-order valence-corrected chi connectivity index (χ1v) is 11.3. The van der Waals surface area contributed by atoms with Gasteiger partial charge in [-0.05, 0) is 76.2 Å². The molecule has 4 heteroatoms. The second-order valence-corrected chi connectivity index (χ2v) is 8.79. The fraction of sp³-hybridized carbons (Fsp3) is 0.207. The Morgan fingerprint density at radius 3 is 2.30 bits per heavy atom. The first-order chi connectivity index (χ1) is 16.0. The number of anilines is 1. The standard InChI is InChI=1S/C29H29NO3/c1-20(2)14-21-6-8-22(9-7-21)19-33-28-13-12-24-15-23(10-11-25(24)17-28)18-30-27-5-3-4-26(16-27)29(31)32/h3-13,15-17,20,30H,14,18-19H2,1-2H3,(H,31,32). The first kappa shape index (κ1) is 22.4. The molecule has 0 aliphatic rings. The van der Waals surface area contributed by atoms with Gasteiger partial charge in [0.05, 0.1) is 5.56 Å². The van der Waals surface area contributed by atoms with Crippen LogP contribution in [-0.2, 0) is 19.6 Å². The van der Waals surface area contributed by atoms with Crippen molar-refractivity contribution in [2.24, 2.45) is 5.92 Å². The van der Waals surface area contributed by atoms with E-state index in [1.807, 2.05) is 12.1 Å². The van der Waals surface area contributed by atoms with E-state index in [4.69, 9.17) is 9.84 Å². The van der Waals surface area contributed by atoms with Gasteiger partial charge in [-0.15, -0.1) is 0 Å². The van der Waals surface area contributed by atoms with E-state index in [1.165, 1.54) is 5.56 Å². The van der Waals surface area contributed by atoms with Crippen molar-refractivity contribution in [1.29, 1.82) is 0 Å². The van der Waals surface area contributed by atoms with Crippen molar-refractivity contribution in [1.82, 2.24) is 0 Å². The minimum atomic E-state index is -0.925. The quantitative estimate of drug-likeness (QED) is 0.297. The van der Waals surface area contributed by atoms with Crippen LogP contribution in [0.25, 0.3) is 10.8 Å². The highest BCUT2D eigenvalue weighted by Gasteiger charge is 2.05. The molecule has 0 spiro atoms. The van der Waals surface area contributed by atoms with Gasteiger partial charge in [-0.2, -0.15) is 0 Å². The molecule has 0 heterocycles. The van der Waals surface area contributed by atoms with Gasteiger partial charge < -0.3 is 15.2 Å². The molecule has 4 nitrogen and oxygen atoms in total. The molecule has 0 unspecified atom stereocenters. The van der Waals surface area contributed by atoms with E-state index in [-0.39, 0.29) is 5.56 Å². The van der Waals surface area contributed by atoms with Crippen LogP contribution in [0, 0.1) is 5.92 Å². The van der Waals surface area contributed by atoms with Crippen molar-refractivity contribution in [3.05, 3.63) is 107 Å². The maximum absolute atomic E-state index is 11.1. The van der Waals surface area contributed by atoms with Crippen LogP contribution >= 0.6 is 0 Å². The van der Waals surface area contributed by atoms with Crippen molar-refractivity contribution in [2.45, 2.75) is 33.4 Å². The normalized spacial score (nSPS) is 11.0. The van der Waals surface area contributed by atoms with E-state index < -0.39 is 5.97 Å². The number of nitrogens with one attached hydrogen (secondary N) is 1. The zero-order valence-corrected chi connectivity index (χ0v) is 19.0. The van der Waals surface area contributed by atoms with E-state index in [0.29, 0.717) is 19.1 Å². The zero-order valence-electron chi connectivity index (χ0n) is 19.0. The molecule has 168 valence electrons. The van der Waals surface area contributed by atoms with Crippen LogP contribution in [-0.4, -0.2) is 11.1 Å². The van der Waals surface area contributed by atoms with Crippen LogP contribution in [0.15, 0.2) is 84.9 Å². The lowest BCUT2D eigenvalue weighted by atomic mass is 10.0. The van der Waals surface area contributed by atoms with Gasteiger partial charge in [-0.25, -0.2) is 4.79 Å². The molecule has 33 heavy (non-hydrogen) atoms. The van der Waals surface area contributed by atoms with Crippen LogP contribution in [0.4, 0.5) is 5.69 Å². The van der Waals surface area contributed by atoms with Crippen molar-refractivity contribution in [3.63, 3.8) is 0 Å². The van der Waals surface area contributed by atoms with Gasteiger partial charge in [0.2, 0.25) is 0 Å². The molecule has 4 rings (SSSR count). The maximum atomic E-state index is 11.1. The average molecular weight is 440 g/mol. The Kier molecular flexibility index (Phi) is 6.94. The molecule has 0 aromatic heterocycles. The Bertz CT molecular complexity index is 1250. The smallest absolute Gasteiger partial charge is 0.335 e. The molecule has 2 N–H and O–H groups in total. The van der Waals surface area contributed by atoms with Crippen LogP contribution in [0.3, 0.4) is 0 Å². The summed E-state index contributed by atoms with van der Waals surface area (Å²) in [5.74, 6) is 0.583. The van der Waals surface area contributed by atoms with Gasteiger partial charge in [0.25, 0.3) is 0 Å². The van der Waals surface area contributed by atoms with Gasteiger partial charge in [0.1, 0.15) is 12.4 Å². The van der Waals surface area contributed by atoms with E-state index in [1.54, 1.807) is 18.2 Å². The summed E-state index contributed by atoms with van der Waals surface area (Å²) in [5, 5.41) is 14.7.